The third kappa shape index (κ3) is 3.80. The third-order valence-electron chi connectivity index (χ3n) is 5.21. The fourth-order valence-corrected chi connectivity index (χ4v) is 3.68. The van der Waals surface area contributed by atoms with Crippen molar-refractivity contribution in [3.63, 3.8) is 0 Å². The van der Waals surface area contributed by atoms with Crippen molar-refractivity contribution in [1.82, 2.24) is 19.9 Å². The van der Waals surface area contributed by atoms with E-state index in [1.165, 1.54) is 16.8 Å². The quantitative estimate of drug-likeness (QED) is 0.692. The molecule has 2 aromatic heterocycles. The number of nitrogens with one attached hydrogen (secondary N) is 1. The number of hydrogen-bond donors (Lipinski definition) is 2. The largest absolute Gasteiger partial charge is 0.394 e. The number of nitrogens with zero attached hydrogens (tertiary/aromatic N) is 4. The number of rotatable bonds is 5. The van der Waals surface area contributed by atoms with E-state index in [-0.39, 0.29) is 24.4 Å². The maximum absolute atomic E-state index is 13.7. The zero-order valence-corrected chi connectivity index (χ0v) is 16.5. The molecule has 4 rings (SSSR count). The zero-order valence-electron chi connectivity index (χ0n) is 16.5. The molecule has 0 bridgehead atoms. The van der Waals surface area contributed by atoms with E-state index in [1.807, 2.05) is 18.2 Å². The van der Waals surface area contributed by atoms with Crippen LogP contribution >= 0.6 is 0 Å². The van der Waals surface area contributed by atoms with E-state index in [1.54, 1.807) is 26.0 Å². The maximum Gasteiger partial charge on any atom is 0.272 e. The van der Waals surface area contributed by atoms with Gasteiger partial charge in [0.05, 0.1) is 24.4 Å². The molecule has 2 N–H and O–H groups in total. The summed E-state index contributed by atoms with van der Waals surface area (Å²) in [6.07, 6.45) is 3.36. The van der Waals surface area contributed by atoms with Crippen LogP contribution in [-0.2, 0) is 0 Å². The highest BCUT2D eigenvalue weighted by atomic mass is 19.1. The molecule has 0 aliphatic carbocycles. The molecular formula is C21H24FN5O2. The topological polar surface area (TPSA) is 82.8 Å². The Morgan fingerprint density at radius 3 is 2.93 bits per heavy atom. The summed E-state index contributed by atoms with van der Waals surface area (Å²) in [7, 11) is 0. The normalized spacial score (nSPS) is 17.1. The van der Waals surface area contributed by atoms with Gasteiger partial charge in [0.15, 0.2) is 11.3 Å². The van der Waals surface area contributed by atoms with Crippen molar-refractivity contribution < 1.29 is 14.3 Å². The molecule has 1 aliphatic heterocycles. The highest BCUT2D eigenvalue weighted by Crippen LogP contribution is 2.35. The second-order valence-electron chi connectivity index (χ2n) is 8.01. The van der Waals surface area contributed by atoms with Crippen LogP contribution in [0.3, 0.4) is 0 Å². The van der Waals surface area contributed by atoms with Gasteiger partial charge in [-0.3, -0.25) is 4.79 Å². The standard InChI is InChI=1S/C21H24FN5O2/c1-21(2,13-28)24-20(29)17-12-23-18-8-9-19(25-27(17)18)26-10-4-7-16(26)14-5-3-6-15(22)11-14/h3,5-6,8-9,11-12,16,28H,4,7,10,13H2,1-2H3,(H,24,29)/t16-/m1/s1. The summed E-state index contributed by atoms with van der Waals surface area (Å²) in [5.74, 6) is 0.0971. The van der Waals surface area contributed by atoms with Gasteiger partial charge in [-0.05, 0) is 56.5 Å². The van der Waals surface area contributed by atoms with E-state index in [0.717, 1.165) is 24.9 Å². The molecule has 3 aromatic rings. The highest BCUT2D eigenvalue weighted by Gasteiger charge is 2.28. The Balaban J connectivity index is 1.67. The number of hydrogen-bond acceptors (Lipinski definition) is 5. The Morgan fingerprint density at radius 1 is 1.34 bits per heavy atom. The second kappa shape index (κ2) is 7.44. The van der Waals surface area contributed by atoms with Crippen molar-refractivity contribution in [2.24, 2.45) is 0 Å². The van der Waals surface area contributed by atoms with Crippen molar-refractivity contribution >= 4 is 17.4 Å². The molecule has 8 heteroatoms. The van der Waals surface area contributed by atoms with Crippen molar-refractivity contribution in [3.05, 3.63) is 59.7 Å². The average Bonchev–Trinajstić information content (AvgIpc) is 3.34. The molecule has 152 valence electrons. The first-order valence-corrected chi connectivity index (χ1v) is 9.68. The van der Waals surface area contributed by atoms with Gasteiger partial charge in [0.2, 0.25) is 0 Å². The predicted octanol–water partition coefficient (Wildman–Crippen LogP) is 2.71. The monoisotopic (exact) mass is 397 g/mol. The minimum Gasteiger partial charge on any atom is -0.394 e. The molecule has 1 fully saturated rings. The van der Waals surface area contributed by atoms with Gasteiger partial charge in [0.25, 0.3) is 5.91 Å². The van der Waals surface area contributed by atoms with Crippen LogP contribution in [0, 0.1) is 5.82 Å². The first-order chi connectivity index (χ1) is 13.9. The van der Waals surface area contributed by atoms with Gasteiger partial charge in [-0.2, -0.15) is 0 Å². The van der Waals surface area contributed by atoms with E-state index in [0.29, 0.717) is 17.2 Å². The van der Waals surface area contributed by atoms with E-state index >= 15 is 0 Å². The molecule has 0 saturated carbocycles. The van der Waals surface area contributed by atoms with Crippen LogP contribution < -0.4 is 10.2 Å². The number of carbonyl (C=O) groups is 1. The number of carbonyl (C=O) groups excluding carboxylic acids is 1. The van der Waals surface area contributed by atoms with Crippen molar-refractivity contribution in [2.45, 2.75) is 38.3 Å². The highest BCUT2D eigenvalue weighted by molar-refractivity contribution is 5.93. The first-order valence-electron chi connectivity index (χ1n) is 9.68. The van der Waals surface area contributed by atoms with E-state index in [9.17, 15) is 14.3 Å². The molecule has 1 saturated heterocycles. The van der Waals surface area contributed by atoms with Gasteiger partial charge in [0.1, 0.15) is 11.6 Å². The Hall–Kier alpha value is -3.00. The molecule has 1 aromatic carbocycles. The molecule has 7 nitrogen and oxygen atoms in total. The molecule has 0 radical (unpaired) electrons. The SMILES string of the molecule is CC(C)(CO)NC(=O)c1cnc2ccc(N3CCC[C@@H]3c3cccc(F)c3)nn12. The second-order valence-corrected chi connectivity index (χ2v) is 8.01. The summed E-state index contributed by atoms with van der Waals surface area (Å²) >= 11 is 0. The molecule has 1 atom stereocenters. The predicted molar refractivity (Wildman–Crippen MR) is 107 cm³/mol. The summed E-state index contributed by atoms with van der Waals surface area (Å²) < 4.78 is 15.2. The molecule has 29 heavy (non-hydrogen) atoms. The van der Waals surface area contributed by atoms with Crippen LogP contribution in [0.4, 0.5) is 10.2 Å². The van der Waals surface area contributed by atoms with Gasteiger partial charge >= 0.3 is 0 Å². The number of amides is 1. The van der Waals surface area contributed by atoms with Crippen LogP contribution in [0.5, 0.6) is 0 Å². The lowest BCUT2D eigenvalue weighted by Gasteiger charge is -2.26. The number of halogens is 1. The lowest BCUT2D eigenvalue weighted by Crippen LogP contribution is -2.46. The molecule has 0 unspecified atom stereocenters. The van der Waals surface area contributed by atoms with Crippen LogP contribution in [0.1, 0.15) is 48.8 Å². The molecule has 0 spiro atoms. The van der Waals surface area contributed by atoms with Gasteiger partial charge < -0.3 is 15.3 Å². The van der Waals surface area contributed by atoms with Crippen LogP contribution in [0.15, 0.2) is 42.6 Å². The van der Waals surface area contributed by atoms with Gasteiger partial charge in [-0.15, -0.1) is 5.10 Å². The average molecular weight is 397 g/mol. The van der Waals surface area contributed by atoms with E-state index < -0.39 is 5.54 Å². The Bertz CT molecular complexity index is 1050. The van der Waals surface area contributed by atoms with Gasteiger partial charge in [0, 0.05) is 6.54 Å². The fraction of sp³-hybridized carbons (Fsp3) is 0.381. The van der Waals surface area contributed by atoms with Crippen molar-refractivity contribution in [1.29, 1.82) is 0 Å². The number of benzene rings is 1. The van der Waals surface area contributed by atoms with Crippen molar-refractivity contribution in [3.8, 4) is 0 Å². The van der Waals surface area contributed by atoms with Crippen LogP contribution in [0.2, 0.25) is 0 Å². The molecule has 3 heterocycles. The maximum atomic E-state index is 13.7. The summed E-state index contributed by atoms with van der Waals surface area (Å²) in [5.41, 5.74) is 1.01. The number of anilines is 1. The van der Waals surface area contributed by atoms with Crippen LogP contribution in [0.25, 0.3) is 5.65 Å². The number of aliphatic hydroxyl groups excluding tert-OH is 1. The first kappa shape index (κ1) is 19.3. The number of fused-ring (bicyclic) bond motifs is 1. The lowest BCUT2D eigenvalue weighted by atomic mass is 10.0. The third-order valence-corrected chi connectivity index (χ3v) is 5.21. The number of aliphatic hydroxyl groups is 1. The van der Waals surface area contributed by atoms with E-state index in [2.05, 4.69) is 20.3 Å². The van der Waals surface area contributed by atoms with Crippen molar-refractivity contribution in [2.75, 3.05) is 18.1 Å². The molecular weight excluding hydrogens is 373 g/mol. The fourth-order valence-electron chi connectivity index (χ4n) is 3.68. The smallest absolute Gasteiger partial charge is 0.272 e. The summed E-state index contributed by atoms with van der Waals surface area (Å²) in [6, 6.07) is 10.4. The van der Waals surface area contributed by atoms with E-state index in [4.69, 9.17) is 0 Å². The van der Waals surface area contributed by atoms with Gasteiger partial charge in [-0.1, -0.05) is 12.1 Å². The Morgan fingerprint density at radius 2 is 2.17 bits per heavy atom. The number of imidazole rings is 1. The Labute approximate surface area is 168 Å². The zero-order chi connectivity index (χ0) is 20.6. The summed E-state index contributed by atoms with van der Waals surface area (Å²) in [6.45, 7) is 4.09. The lowest BCUT2D eigenvalue weighted by molar-refractivity contribution is 0.0862. The van der Waals surface area contributed by atoms with Gasteiger partial charge in [-0.25, -0.2) is 13.9 Å². The minimum atomic E-state index is -0.754. The minimum absolute atomic E-state index is 0.0322. The van der Waals surface area contributed by atoms with Crippen LogP contribution in [-0.4, -0.2) is 44.3 Å². The molecule has 1 amide bonds. The number of aromatic nitrogens is 3. The molecule has 1 aliphatic rings. The summed E-state index contributed by atoms with van der Waals surface area (Å²) in [4.78, 5) is 19.1. The Kier molecular flexibility index (Phi) is 4.96. The summed E-state index contributed by atoms with van der Waals surface area (Å²) in [5, 5.41) is 16.9.